The summed E-state index contributed by atoms with van der Waals surface area (Å²) in [4.78, 5) is 23.3. The molecule has 0 saturated heterocycles. The summed E-state index contributed by atoms with van der Waals surface area (Å²) in [5.41, 5.74) is 2.29. The second-order valence-electron chi connectivity index (χ2n) is 6.14. The molecule has 2 N–H and O–H groups in total. The van der Waals surface area contributed by atoms with Crippen molar-refractivity contribution in [2.45, 2.75) is 18.5 Å². The van der Waals surface area contributed by atoms with Gasteiger partial charge >= 0.3 is 0 Å². The van der Waals surface area contributed by atoms with Gasteiger partial charge in [0.25, 0.3) is 0 Å². The minimum absolute atomic E-state index is 0.0991. The van der Waals surface area contributed by atoms with Crippen molar-refractivity contribution in [3.05, 3.63) is 54.6 Å². The monoisotopic (exact) mass is 395 g/mol. The van der Waals surface area contributed by atoms with Gasteiger partial charge in [-0.15, -0.1) is 10.2 Å². The second kappa shape index (κ2) is 9.18. The van der Waals surface area contributed by atoms with Crippen LogP contribution in [0.4, 0.5) is 11.4 Å². The van der Waals surface area contributed by atoms with Crippen molar-refractivity contribution in [1.82, 2.24) is 14.8 Å². The van der Waals surface area contributed by atoms with Gasteiger partial charge in [0.2, 0.25) is 11.8 Å². The lowest BCUT2D eigenvalue weighted by molar-refractivity contribution is -0.116. The molecule has 0 unspecified atom stereocenters. The molecule has 144 valence electrons. The van der Waals surface area contributed by atoms with E-state index < -0.39 is 0 Å². The van der Waals surface area contributed by atoms with Crippen LogP contribution >= 0.6 is 11.8 Å². The normalized spacial score (nSPS) is 10.5. The number of nitrogens with zero attached hydrogens (tertiary/aromatic N) is 3. The van der Waals surface area contributed by atoms with Gasteiger partial charge in [0, 0.05) is 43.1 Å². The van der Waals surface area contributed by atoms with Crippen LogP contribution in [0.5, 0.6) is 0 Å². The third-order valence-corrected chi connectivity index (χ3v) is 4.92. The number of thioether (sulfide) groups is 1. The number of amides is 2. The zero-order chi connectivity index (χ0) is 19.9. The summed E-state index contributed by atoms with van der Waals surface area (Å²) in [6.45, 7) is 1.44. The van der Waals surface area contributed by atoms with Crippen molar-refractivity contribution in [2.24, 2.45) is 7.05 Å². The molecule has 28 heavy (non-hydrogen) atoms. The molecule has 1 aromatic heterocycles. The summed E-state index contributed by atoms with van der Waals surface area (Å²) < 4.78 is 1.93. The topological polar surface area (TPSA) is 88.9 Å². The fourth-order valence-corrected chi connectivity index (χ4v) is 3.46. The number of hydrogen-bond donors (Lipinski definition) is 2. The maximum atomic E-state index is 12.2. The first-order chi connectivity index (χ1) is 13.5. The number of anilines is 2. The number of benzene rings is 2. The highest BCUT2D eigenvalue weighted by atomic mass is 32.2. The average molecular weight is 395 g/mol. The molecule has 8 heteroatoms. The van der Waals surface area contributed by atoms with Gasteiger partial charge in [0.05, 0.1) is 0 Å². The van der Waals surface area contributed by atoms with Crippen molar-refractivity contribution in [2.75, 3.05) is 16.4 Å². The predicted molar refractivity (Wildman–Crippen MR) is 111 cm³/mol. The van der Waals surface area contributed by atoms with Crippen molar-refractivity contribution >= 4 is 35.0 Å². The first-order valence-electron chi connectivity index (χ1n) is 8.78. The molecule has 2 aromatic carbocycles. The van der Waals surface area contributed by atoms with E-state index in [1.807, 2.05) is 41.9 Å². The molecule has 0 radical (unpaired) electrons. The van der Waals surface area contributed by atoms with E-state index in [9.17, 15) is 9.59 Å². The molecule has 2 amide bonds. The molecule has 0 fully saturated rings. The average Bonchev–Trinajstić information content (AvgIpc) is 3.03. The molecule has 3 rings (SSSR count). The summed E-state index contributed by atoms with van der Waals surface area (Å²) in [5.74, 6) is 1.12. The molecular formula is C20H21N5O2S. The van der Waals surface area contributed by atoms with E-state index in [0.29, 0.717) is 23.5 Å². The van der Waals surface area contributed by atoms with Gasteiger partial charge in [0.15, 0.2) is 11.0 Å². The smallest absolute Gasteiger partial charge is 0.225 e. The fourth-order valence-electron chi connectivity index (χ4n) is 2.62. The molecule has 0 aliphatic heterocycles. The van der Waals surface area contributed by atoms with Crippen LogP contribution in [0.3, 0.4) is 0 Å². The Labute approximate surface area is 167 Å². The van der Waals surface area contributed by atoms with Crippen molar-refractivity contribution < 1.29 is 9.59 Å². The zero-order valence-corrected chi connectivity index (χ0v) is 16.5. The van der Waals surface area contributed by atoms with Gasteiger partial charge in [0.1, 0.15) is 0 Å². The van der Waals surface area contributed by atoms with E-state index in [1.54, 1.807) is 24.3 Å². The lowest BCUT2D eigenvalue weighted by Crippen LogP contribution is -2.13. The molecule has 0 aliphatic carbocycles. The second-order valence-corrected chi connectivity index (χ2v) is 7.20. The Hall–Kier alpha value is -3.13. The summed E-state index contributed by atoms with van der Waals surface area (Å²) in [6.07, 6.45) is 0.336. The number of carbonyl (C=O) groups is 2. The van der Waals surface area contributed by atoms with Crippen molar-refractivity contribution in [3.8, 4) is 11.4 Å². The van der Waals surface area contributed by atoms with E-state index in [2.05, 4.69) is 20.8 Å². The Bertz CT molecular complexity index is 972. The quantitative estimate of drug-likeness (QED) is 0.597. The highest BCUT2D eigenvalue weighted by molar-refractivity contribution is 7.99. The lowest BCUT2D eigenvalue weighted by atomic mass is 10.2. The molecule has 0 spiro atoms. The van der Waals surface area contributed by atoms with Crippen LogP contribution < -0.4 is 10.6 Å². The van der Waals surface area contributed by atoms with Gasteiger partial charge in [-0.2, -0.15) is 0 Å². The van der Waals surface area contributed by atoms with E-state index in [0.717, 1.165) is 16.5 Å². The first kappa shape index (κ1) is 19.6. The molecule has 0 bridgehead atoms. The third kappa shape index (κ3) is 5.20. The van der Waals surface area contributed by atoms with Crippen LogP contribution in [0, 0.1) is 0 Å². The van der Waals surface area contributed by atoms with E-state index in [1.165, 1.54) is 18.7 Å². The summed E-state index contributed by atoms with van der Waals surface area (Å²) in [7, 11) is 1.91. The molecular weight excluding hydrogens is 374 g/mol. The van der Waals surface area contributed by atoms with E-state index in [-0.39, 0.29) is 11.8 Å². The number of nitrogens with one attached hydrogen (secondary N) is 2. The van der Waals surface area contributed by atoms with Crippen LogP contribution in [0.15, 0.2) is 59.8 Å². The zero-order valence-electron chi connectivity index (χ0n) is 15.7. The first-order valence-corrected chi connectivity index (χ1v) is 9.76. The molecule has 0 aliphatic rings. The molecule has 0 atom stereocenters. The van der Waals surface area contributed by atoms with Crippen LogP contribution in [-0.4, -0.2) is 32.3 Å². The molecule has 1 heterocycles. The summed E-state index contributed by atoms with van der Waals surface area (Å²) in [6, 6.07) is 16.9. The Morgan fingerprint density at radius 2 is 1.71 bits per heavy atom. The Balaban J connectivity index is 1.52. The number of aromatic nitrogens is 3. The Morgan fingerprint density at radius 1 is 1.00 bits per heavy atom. The Kier molecular flexibility index (Phi) is 6.44. The highest BCUT2D eigenvalue weighted by Crippen LogP contribution is 2.23. The number of hydrogen-bond acceptors (Lipinski definition) is 5. The number of carbonyl (C=O) groups excluding carboxylic acids is 2. The standard InChI is InChI=1S/C20H21N5O2S/c1-14(26)21-16-9-6-10-17(13-16)22-18(27)11-12-28-20-24-23-19(25(20)2)15-7-4-3-5-8-15/h3-10,13H,11-12H2,1-2H3,(H,21,26)(H,22,27). The highest BCUT2D eigenvalue weighted by Gasteiger charge is 2.12. The van der Waals surface area contributed by atoms with E-state index in [4.69, 9.17) is 0 Å². The minimum Gasteiger partial charge on any atom is -0.326 e. The molecule has 0 saturated carbocycles. The Morgan fingerprint density at radius 3 is 2.43 bits per heavy atom. The maximum Gasteiger partial charge on any atom is 0.225 e. The van der Waals surface area contributed by atoms with Crippen LogP contribution in [0.25, 0.3) is 11.4 Å². The van der Waals surface area contributed by atoms with Crippen LogP contribution in [0.1, 0.15) is 13.3 Å². The lowest BCUT2D eigenvalue weighted by Gasteiger charge is -2.08. The van der Waals surface area contributed by atoms with Crippen molar-refractivity contribution in [1.29, 1.82) is 0 Å². The largest absolute Gasteiger partial charge is 0.326 e. The van der Waals surface area contributed by atoms with E-state index >= 15 is 0 Å². The van der Waals surface area contributed by atoms with Gasteiger partial charge in [-0.05, 0) is 18.2 Å². The SMILES string of the molecule is CC(=O)Nc1cccc(NC(=O)CCSc2nnc(-c3ccccc3)n2C)c1. The predicted octanol–water partition coefficient (Wildman–Crippen LogP) is 3.56. The van der Waals surface area contributed by atoms with Crippen LogP contribution in [0.2, 0.25) is 0 Å². The fraction of sp³-hybridized carbons (Fsp3) is 0.200. The van der Waals surface area contributed by atoms with Crippen LogP contribution in [-0.2, 0) is 16.6 Å². The maximum absolute atomic E-state index is 12.2. The molecule has 7 nitrogen and oxygen atoms in total. The summed E-state index contributed by atoms with van der Waals surface area (Å²) in [5, 5.41) is 14.8. The number of rotatable bonds is 7. The van der Waals surface area contributed by atoms with Crippen molar-refractivity contribution in [3.63, 3.8) is 0 Å². The van der Waals surface area contributed by atoms with Gasteiger partial charge in [-0.25, -0.2) is 0 Å². The minimum atomic E-state index is -0.154. The molecule has 3 aromatic rings. The summed E-state index contributed by atoms with van der Waals surface area (Å²) >= 11 is 1.48. The van der Waals surface area contributed by atoms with Gasteiger partial charge in [-0.3, -0.25) is 9.59 Å². The van der Waals surface area contributed by atoms with Gasteiger partial charge < -0.3 is 15.2 Å². The van der Waals surface area contributed by atoms with Gasteiger partial charge in [-0.1, -0.05) is 48.2 Å². The third-order valence-electron chi connectivity index (χ3n) is 3.89.